The minimum absolute atomic E-state index is 0.0845. The number of sulfone groups is 1. The highest BCUT2D eigenvalue weighted by Gasteiger charge is 2.49. The summed E-state index contributed by atoms with van der Waals surface area (Å²) in [7, 11) is -3.06. The number of carbonyl (C=O) groups is 1. The number of benzene rings is 2. The predicted octanol–water partition coefficient (Wildman–Crippen LogP) is 2.84. The molecule has 0 bridgehead atoms. The van der Waals surface area contributed by atoms with Crippen molar-refractivity contribution >= 4 is 38.4 Å². The predicted molar refractivity (Wildman–Crippen MR) is 110 cm³/mol. The molecule has 0 saturated carbocycles. The Morgan fingerprint density at radius 2 is 1.93 bits per heavy atom. The SMILES string of the molecule is Cc1cccc(N2C(=NC(=O)Cc3ccccc3)SC3CS(=O)(=O)CC32)c1. The summed E-state index contributed by atoms with van der Waals surface area (Å²) in [5, 5.41) is 0.519. The molecule has 0 radical (unpaired) electrons. The Morgan fingerprint density at radius 3 is 2.67 bits per heavy atom. The first kappa shape index (κ1) is 18.3. The smallest absolute Gasteiger partial charge is 0.252 e. The molecule has 7 heteroatoms. The number of anilines is 1. The maximum absolute atomic E-state index is 12.5. The van der Waals surface area contributed by atoms with Crippen LogP contribution in [0.1, 0.15) is 11.1 Å². The molecule has 0 aromatic heterocycles. The minimum Gasteiger partial charge on any atom is -0.316 e. The Balaban J connectivity index is 1.65. The third kappa shape index (κ3) is 3.94. The van der Waals surface area contributed by atoms with Gasteiger partial charge in [0.25, 0.3) is 5.91 Å². The molecule has 2 atom stereocenters. The van der Waals surface area contributed by atoms with E-state index in [9.17, 15) is 13.2 Å². The van der Waals surface area contributed by atoms with Crippen molar-refractivity contribution in [3.05, 3.63) is 65.7 Å². The van der Waals surface area contributed by atoms with Gasteiger partial charge in [-0.05, 0) is 30.2 Å². The number of thioether (sulfide) groups is 1. The Kier molecular flexibility index (Phi) is 4.82. The fourth-order valence-corrected chi connectivity index (χ4v) is 7.49. The molecule has 1 amide bonds. The van der Waals surface area contributed by atoms with E-state index in [0.717, 1.165) is 16.8 Å². The third-order valence-electron chi connectivity index (χ3n) is 4.76. The fraction of sp³-hybridized carbons (Fsp3) is 0.300. The van der Waals surface area contributed by atoms with Gasteiger partial charge in [0, 0.05) is 10.9 Å². The zero-order valence-electron chi connectivity index (χ0n) is 14.9. The Labute approximate surface area is 163 Å². The number of amides is 1. The Bertz CT molecular complexity index is 1000. The quantitative estimate of drug-likeness (QED) is 0.793. The molecule has 2 aliphatic heterocycles. The van der Waals surface area contributed by atoms with Gasteiger partial charge in [-0.25, -0.2) is 8.42 Å². The van der Waals surface area contributed by atoms with Gasteiger partial charge in [0.05, 0.1) is 24.0 Å². The number of hydrogen-bond acceptors (Lipinski definition) is 4. The average Bonchev–Trinajstić information content (AvgIpc) is 3.06. The monoisotopic (exact) mass is 400 g/mol. The molecular weight excluding hydrogens is 380 g/mol. The molecule has 140 valence electrons. The average molecular weight is 401 g/mol. The Hall–Kier alpha value is -2.12. The fourth-order valence-electron chi connectivity index (χ4n) is 3.56. The highest BCUT2D eigenvalue weighted by molar-refractivity contribution is 8.16. The van der Waals surface area contributed by atoms with Gasteiger partial charge in [-0.15, -0.1) is 0 Å². The molecule has 0 aliphatic carbocycles. The van der Waals surface area contributed by atoms with Crippen LogP contribution in [0.4, 0.5) is 5.69 Å². The van der Waals surface area contributed by atoms with E-state index in [1.54, 1.807) is 0 Å². The second-order valence-electron chi connectivity index (χ2n) is 6.96. The molecule has 0 spiro atoms. The van der Waals surface area contributed by atoms with Crippen molar-refractivity contribution in [2.24, 2.45) is 4.99 Å². The molecule has 0 N–H and O–H groups in total. The second-order valence-corrected chi connectivity index (χ2v) is 10.3. The molecule has 2 fully saturated rings. The number of rotatable bonds is 3. The molecule has 2 heterocycles. The highest BCUT2D eigenvalue weighted by Crippen LogP contribution is 2.41. The van der Waals surface area contributed by atoms with E-state index in [-0.39, 0.29) is 35.1 Å². The van der Waals surface area contributed by atoms with Crippen molar-refractivity contribution in [2.75, 3.05) is 16.4 Å². The molecule has 2 aromatic rings. The van der Waals surface area contributed by atoms with Crippen LogP contribution >= 0.6 is 11.8 Å². The van der Waals surface area contributed by atoms with E-state index in [0.29, 0.717) is 5.17 Å². The maximum Gasteiger partial charge on any atom is 0.252 e. The lowest BCUT2D eigenvalue weighted by molar-refractivity contribution is -0.117. The van der Waals surface area contributed by atoms with E-state index >= 15 is 0 Å². The number of carbonyl (C=O) groups excluding carboxylic acids is 1. The van der Waals surface area contributed by atoms with Crippen LogP contribution in [-0.4, -0.2) is 42.3 Å². The number of hydrogen-bond donors (Lipinski definition) is 0. The van der Waals surface area contributed by atoms with Crippen LogP contribution in [0.25, 0.3) is 0 Å². The molecule has 2 saturated heterocycles. The summed E-state index contributed by atoms with van der Waals surface area (Å²) in [6, 6.07) is 17.2. The molecule has 4 rings (SSSR count). The molecule has 2 aromatic carbocycles. The largest absolute Gasteiger partial charge is 0.316 e. The zero-order valence-corrected chi connectivity index (χ0v) is 16.5. The van der Waals surface area contributed by atoms with Gasteiger partial charge in [-0.2, -0.15) is 4.99 Å². The van der Waals surface area contributed by atoms with E-state index in [4.69, 9.17) is 0 Å². The van der Waals surface area contributed by atoms with E-state index in [1.807, 2.05) is 66.4 Å². The van der Waals surface area contributed by atoms with Gasteiger partial charge in [-0.1, -0.05) is 54.2 Å². The first-order valence-corrected chi connectivity index (χ1v) is 11.5. The van der Waals surface area contributed by atoms with Crippen molar-refractivity contribution in [3.63, 3.8) is 0 Å². The van der Waals surface area contributed by atoms with Crippen molar-refractivity contribution in [3.8, 4) is 0 Å². The van der Waals surface area contributed by atoms with Gasteiger partial charge in [-0.3, -0.25) is 4.79 Å². The molecule has 5 nitrogen and oxygen atoms in total. The lowest BCUT2D eigenvalue weighted by atomic mass is 10.1. The second kappa shape index (κ2) is 7.13. The molecule has 27 heavy (non-hydrogen) atoms. The molecular formula is C20H20N2O3S2. The number of amidine groups is 1. The number of nitrogens with zero attached hydrogens (tertiary/aromatic N) is 2. The number of aliphatic imine (C=N–C) groups is 1. The Morgan fingerprint density at radius 1 is 1.15 bits per heavy atom. The summed E-state index contributed by atoms with van der Waals surface area (Å²) in [4.78, 5) is 18.8. The first-order chi connectivity index (χ1) is 12.9. The van der Waals surface area contributed by atoms with E-state index in [1.165, 1.54) is 11.8 Å². The number of fused-ring (bicyclic) bond motifs is 1. The van der Waals surface area contributed by atoms with Crippen LogP contribution in [0, 0.1) is 6.92 Å². The summed E-state index contributed by atoms with van der Waals surface area (Å²) in [5.41, 5.74) is 2.88. The minimum atomic E-state index is -3.06. The van der Waals surface area contributed by atoms with Crippen molar-refractivity contribution in [1.82, 2.24) is 0 Å². The van der Waals surface area contributed by atoms with Crippen LogP contribution in [0.2, 0.25) is 0 Å². The molecule has 2 unspecified atom stereocenters. The van der Waals surface area contributed by atoms with Gasteiger partial charge in [0.15, 0.2) is 15.0 Å². The zero-order chi connectivity index (χ0) is 19.0. The van der Waals surface area contributed by atoms with Crippen LogP contribution in [0.5, 0.6) is 0 Å². The molecule has 2 aliphatic rings. The van der Waals surface area contributed by atoms with Gasteiger partial charge in [0.1, 0.15) is 0 Å². The normalized spacial score (nSPS) is 24.9. The van der Waals surface area contributed by atoms with Gasteiger partial charge in [0.2, 0.25) is 0 Å². The standard InChI is InChI=1S/C20H20N2O3S2/c1-14-6-5-9-16(10-14)22-17-12-27(24,25)13-18(17)26-20(22)21-19(23)11-15-7-3-2-4-8-15/h2-10,17-18H,11-13H2,1H3. The topological polar surface area (TPSA) is 66.8 Å². The van der Waals surface area contributed by atoms with Crippen LogP contribution in [0.15, 0.2) is 59.6 Å². The first-order valence-electron chi connectivity index (χ1n) is 8.80. The summed E-state index contributed by atoms with van der Waals surface area (Å²) < 4.78 is 24.2. The van der Waals surface area contributed by atoms with Gasteiger partial charge >= 0.3 is 0 Å². The third-order valence-corrected chi connectivity index (χ3v) is 7.97. The summed E-state index contributed by atoms with van der Waals surface area (Å²) >= 11 is 1.41. The summed E-state index contributed by atoms with van der Waals surface area (Å²) in [6.45, 7) is 1.99. The van der Waals surface area contributed by atoms with Crippen LogP contribution < -0.4 is 4.90 Å². The van der Waals surface area contributed by atoms with E-state index < -0.39 is 9.84 Å². The summed E-state index contributed by atoms with van der Waals surface area (Å²) in [6.07, 6.45) is 0.236. The van der Waals surface area contributed by atoms with E-state index in [2.05, 4.69) is 4.99 Å². The van der Waals surface area contributed by atoms with Crippen molar-refractivity contribution in [2.45, 2.75) is 24.6 Å². The lowest BCUT2D eigenvalue weighted by Gasteiger charge is -2.24. The number of aryl methyl sites for hydroxylation is 1. The lowest BCUT2D eigenvalue weighted by Crippen LogP contribution is -2.37. The van der Waals surface area contributed by atoms with Crippen molar-refractivity contribution < 1.29 is 13.2 Å². The van der Waals surface area contributed by atoms with Crippen molar-refractivity contribution in [1.29, 1.82) is 0 Å². The van der Waals surface area contributed by atoms with Crippen LogP contribution in [0.3, 0.4) is 0 Å². The van der Waals surface area contributed by atoms with Crippen LogP contribution in [-0.2, 0) is 21.1 Å². The maximum atomic E-state index is 12.5. The summed E-state index contributed by atoms with van der Waals surface area (Å²) in [5.74, 6) is 0.0188. The highest BCUT2D eigenvalue weighted by atomic mass is 32.2. The van der Waals surface area contributed by atoms with Gasteiger partial charge < -0.3 is 4.90 Å².